The van der Waals surface area contributed by atoms with Crippen LogP contribution in [-0.4, -0.2) is 48.7 Å². The second-order valence-corrected chi connectivity index (χ2v) is 7.92. The summed E-state index contributed by atoms with van der Waals surface area (Å²) >= 11 is 0. The Labute approximate surface area is 149 Å². The van der Waals surface area contributed by atoms with E-state index < -0.39 is 17.7 Å². The molecular formula is C19H27N3O3. The standard InChI is InChI=1S/C19H27N3O3/c1-19(2,3)25-18(24)20-16-8-10-22(17(16)23)15-6-5-14-12-21(4)9-7-13(14)11-15/h5-6,11,16H,7-10,12H2,1-4H3,(H,20,24)/t16-/m0/s1. The lowest BCUT2D eigenvalue weighted by Crippen LogP contribution is -2.43. The molecule has 0 bridgehead atoms. The molecule has 1 saturated heterocycles. The van der Waals surface area contributed by atoms with E-state index in [2.05, 4.69) is 29.4 Å². The van der Waals surface area contributed by atoms with Gasteiger partial charge in [0.15, 0.2) is 0 Å². The molecule has 1 aromatic rings. The summed E-state index contributed by atoms with van der Waals surface area (Å²) in [5.74, 6) is -0.0706. The van der Waals surface area contributed by atoms with E-state index in [-0.39, 0.29) is 5.91 Å². The average molecular weight is 345 g/mol. The van der Waals surface area contributed by atoms with Crippen molar-refractivity contribution in [2.45, 2.75) is 51.8 Å². The minimum Gasteiger partial charge on any atom is -0.444 e. The summed E-state index contributed by atoms with van der Waals surface area (Å²) in [7, 11) is 2.12. The molecule has 2 amide bonds. The van der Waals surface area contributed by atoms with E-state index in [0.29, 0.717) is 13.0 Å². The van der Waals surface area contributed by atoms with E-state index in [9.17, 15) is 9.59 Å². The monoisotopic (exact) mass is 345 g/mol. The molecule has 136 valence electrons. The van der Waals surface area contributed by atoms with E-state index >= 15 is 0 Å². The number of benzene rings is 1. The first-order valence-corrected chi connectivity index (χ1v) is 8.84. The van der Waals surface area contributed by atoms with Crippen LogP contribution < -0.4 is 10.2 Å². The number of amides is 2. The topological polar surface area (TPSA) is 61.9 Å². The number of alkyl carbamates (subject to hydrolysis) is 1. The van der Waals surface area contributed by atoms with Crippen molar-refractivity contribution >= 4 is 17.7 Å². The van der Waals surface area contributed by atoms with Crippen molar-refractivity contribution in [3.8, 4) is 0 Å². The Kier molecular flexibility index (Phi) is 4.73. The van der Waals surface area contributed by atoms with E-state index in [4.69, 9.17) is 4.74 Å². The molecule has 6 heteroatoms. The molecule has 0 unspecified atom stereocenters. The molecule has 0 aliphatic carbocycles. The molecule has 6 nitrogen and oxygen atoms in total. The summed E-state index contributed by atoms with van der Waals surface area (Å²) in [6.07, 6.45) is 1.06. The van der Waals surface area contributed by atoms with Crippen LogP contribution in [0.2, 0.25) is 0 Å². The number of carbonyl (C=O) groups excluding carboxylic acids is 2. The minimum atomic E-state index is -0.572. The SMILES string of the molecule is CN1CCc2cc(N3CC[C@H](NC(=O)OC(C)(C)C)C3=O)ccc2C1. The van der Waals surface area contributed by atoms with Crippen LogP contribution in [0.4, 0.5) is 10.5 Å². The van der Waals surface area contributed by atoms with Crippen LogP contribution in [-0.2, 0) is 22.5 Å². The van der Waals surface area contributed by atoms with Crippen molar-refractivity contribution in [2.75, 3.05) is 25.0 Å². The zero-order valence-corrected chi connectivity index (χ0v) is 15.5. The van der Waals surface area contributed by atoms with Gasteiger partial charge in [-0.25, -0.2) is 4.79 Å². The van der Waals surface area contributed by atoms with Gasteiger partial charge in [-0.1, -0.05) is 6.07 Å². The predicted molar refractivity (Wildman–Crippen MR) is 96.6 cm³/mol. The highest BCUT2D eigenvalue weighted by Crippen LogP contribution is 2.27. The second-order valence-electron chi connectivity index (χ2n) is 7.92. The number of carbonyl (C=O) groups is 2. The highest BCUT2D eigenvalue weighted by Gasteiger charge is 2.35. The molecule has 0 saturated carbocycles. The highest BCUT2D eigenvalue weighted by molar-refractivity contribution is 6.01. The number of rotatable bonds is 2. The number of hydrogen-bond acceptors (Lipinski definition) is 4. The van der Waals surface area contributed by atoms with Gasteiger partial charge in [0.1, 0.15) is 11.6 Å². The Hall–Kier alpha value is -2.08. The van der Waals surface area contributed by atoms with Crippen LogP contribution in [0.15, 0.2) is 18.2 Å². The van der Waals surface area contributed by atoms with Crippen LogP contribution in [0, 0.1) is 0 Å². The molecule has 25 heavy (non-hydrogen) atoms. The van der Waals surface area contributed by atoms with Gasteiger partial charge in [-0.3, -0.25) is 4.79 Å². The third-order valence-electron chi connectivity index (χ3n) is 4.60. The number of nitrogens with one attached hydrogen (secondary N) is 1. The fourth-order valence-corrected chi connectivity index (χ4v) is 3.37. The second kappa shape index (κ2) is 6.67. The third kappa shape index (κ3) is 4.12. The fourth-order valence-electron chi connectivity index (χ4n) is 3.37. The van der Waals surface area contributed by atoms with Crippen LogP contribution in [0.5, 0.6) is 0 Å². The predicted octanol–water partition coefficient (Wildman–Crippen LogP) is 2.30. The van der Waals surface area contributed by atoms with Crippen LogP contribution in [0.1, 0.15) is 38.3 Å². The minimum absolute atomic E-state index is 0.0706. The van der Waals surface area contributed by atoms with E-state index in [1.54, 1.807) is 25.7 Å². The quantitative estimate of drug-likeness (QED) is 0.893. The Morgan fingerprint density at radius 1 is 1.24 bits per heavy atom. The van der Waals surface area contributed by atoms with Crippen molar-refractivity contribution in [3.63, 3.8) is 0 Å². The van der Waals surface area contributed by atoms with Gasteiger partial charge in [-0.2, -0.15) is 0 Å². The number of anilines is 1. The maximum atomic E-state index is 12.7. The number of ether oxygens (including phenoxy) is 1. The summed E-state index contributed by atoms with van der Waals surface area (Å²) in [4.78, 5) is 28.7. The molecule has 0 aromatic heterocycles. The summed E-state index contributed by atoms with van der Waals surface area (Å²) in [6.45, 7) is 8.01. The lowest BCUT2D eigenvalue weighted by Gasteiger charge is -2.27. The lowest BCUT2D eigenvalue weighted by molar-refractivity contribution is -0.118. The zero-order chi connectivity index (χ0) is 18.2. The Balaban J connectivity index is 1.67. The molecule has 3 rings (SSSR count). The molecule has 0 radical (unpaired) electrons. The summed E-state index contributed by atoms with van der Waals surface area (Å²) < 4.78 is 5.25. The Morgan fingerprint density at radius 3 is 2.72 bits per heavy atom. The summed E-state index contributed by atoms with van der Waals surface area (Å²) in [5.41, 5.74) is 2.98. The Bertz CT molecular complexity index is 681. The normalized spacial score (nSPS) is 21.2. The summed E-state index contributed by atoms with van der Waals surface area (Å²) in [6, 6.07) is 5.72. The molecule has 2 heterocycles. The van der Waals surface area contributed by atoms with E-state index in [0.717, 1.165) is 25.2 Å². The maximum absolute atomic E-state index is 12.7. The van der Waals surface area contributed by atoms with Crippen molar-refractivity contribution < 1.29 is 14.3 Å². The fraction of sp³-hybridized carbons (Fsp3) is 0.579. The van der Waals surface area contributed by atoms with Gasteiger partial charge in [0.25, 0.3) is 0 Å². The van der Waals surface area contributed by atoms with Gasteiger partial charge in [-0.15, -0.1) is 0 Å². The van der Waals surface area contributed by atoms with Crippen molar-refractivity contribution in [3.05, 3.63) is 29.3 Å². The smallest absolute Gasteiger partial charge is 0.408 e. The molecule has 1 aromatic carbocycles. The molecule has 1 atom stereocenters. The maximum Gasteiger partial charge on any atom is 0.408 e. The van der Waals surface area contributed by atoms with Crippen molar-refractivity contribution in [1.29, 1.82) is 0 Å². The van der Waals surface area contributed by atoms with Crippen LogP contribution in [0.3, 0.4) is 0 Å². The molecule has 0 spiro atoms. The van der Waals surface area contributed by atoms with Gasteiger partial charge in [-0.05, 0) is 63.9 Å². The van der Waals surface area contributed by atoms with Gasteiger partial charge in [0.2, 0.25) is 5.91 Å². The molecular weight excluding hydrogens is 318 g/mol. The molecule has 1 fully saturated rings. The zero-order valence-electron chi connectivity index (χ0n) is 15.5. The number of nitrogens with zero attached hydrogens (tertiary/aromatic N) is 2. The van der Waals surface area contributed by atoms with Gasteiger partial charge < -0.3 is 19.9 Å². The molecule has 1 N–H and O–H groups in total. The molecule has 2 aliphatic rings. The first-order valence-electron chi connectivity index (χ1n) is 8.84. The molecule has 2 aliphatic heterocycles. The Morgan fingerprint density at radius 2 is 2.00 bits per heavy atom. The first-order chi connectivity index (χ1) is 11.7. The highest BCUT2D eigenvalue weighted by atomic mass is 16.6. The van der Waals surface area contributed by atoms with Crippen LogP contribution >= 0.6 is 0 Å². The number of hydrogen-bond donors (Lipinski definition) is 1. The van der Waals surface area contributed by atoms with E-state index in [1.807, 2.05) is 6.07 Å². The third-order valence-corrected chi connectivity index (χ3v) is 4.60. The van der Waals surface area contributed by atoms with Crippen molar-refractivity contribution in [2.24, 2.45) is 0 Å². The first kappa shape index (κ1) is 17.7. The number of likely N-dealkylation sites (N-methyl/N-ethyl adjacent to an activating group) is 1. The van der Waals surface area contributed by atoms with E-state index in [1.165, 1.54) is 11.1 Å². The van der Waals surface area contributed by atoms with Crippen molar-refractivity contribution in [1.82, 2.24) is 10.2 Å². The lowest BCUT2D eigenvalue weighted by atomic mass is 9.99. The van der Waals surface area contributed by atoms with Gasteiger partial charge >= 0.3 is 6.09 Å². The van der Waals surface area contributed by atoms with Gasteiger partial charge in [0.05, 0.1) is 0 Å². The number of fused-ring (bicyclic) bond motifs is 1. The van der Waals surface area contributed by atoms with Crippen LogP contribution in [0.25, 0.3) is 0 Å². The largest absolute Gasteiger partial charge is 0.444 e. The average Bonchev–Trinajstić information content (AvgIpc) is 2.86. The summed E-state index contributed by atoms with van der Waals surface area (Å²) in [5, 5.41) is 2.69. The van der Waals surface area contributed by atoms with Gasteiger partial charge in [0, 0.05) is 25.3 Å².